The predicted molar refractivity (Wildman–Crippen MR) is 189 cm³/mol. The first kappa shape index (κ1) is 25.8. The molecule has 3 nitrogen and oxygen atoms in total. The minimum Gasteiger partial charge on any atom is -0.208 e. The quantitative estimate of drug-likeness (QED) is 0.204. The Morgan fingerprint density at radius 1 is 0.356 bits per heavy atom. The van der Waals surface area contributed by atoms with Crippen LogP contribution in [0.4, 0.5) is 0 Å². The highest BCUT2D eigenvalue weighted by atomic mass is 32.1. The maximum absolute atomic E-state index is 5.04. The monoisotopic (exact) mass is 591 g/mol. The topological polar surface area (TPSA) is 38.7 Å². The van der Waals surface area contributed by atoms with Crippen molar-refractivity contribution in [3.8, 4) is 45.3 Å². The summed E-state index contributed by atoms with van der Waals surface area (Å²) >= 11 is 1.85. The molecular weight excluding hydrogens is 567 g/mol. The Balaban J connectivity index is 1.17. The summed E-state index contributed by atoms with van der Waals surface area (Å²) in [5.41, 5.74) is 5.26. The highest BCUT2D eigenvalue weighted by Gasteiger charge is 2.15. The van der Waals surface area contributed by atoms with Gasteiger partial charge in [0, 0.05) is 36.9 Å². The maximum Gasteiger partial charge on any atom is 0.164 e. The van der Waals surface area contributed by atoms with Crippen molar-refractivity contribution >= 4 is 53.1 Å². The molecule has 7 aromatic carbocycles. The van der Waals surface area contributed by atoms with Gasteiger partial charge in [0.15, 0.2) is 17.5 Å². The van der Waals surface area contributed by atoms with Gasteiger partial charge in [-0.05, 0) is 44.8 Å². The molecule has 2 heterocycles. The van der Waals surface area contributed by atoms with E-state index >= 15 is 0 Å². The zero-order valence-electron chi connectivity index (χ0n) is 24.2. The summed E-state index contributed by atoms with van der Waals surface area (Å²) in [6.07, 6.45) is 0. The normalized spacial score (nSPS) is 11.6. The van der Waals surface area contributed by atoms with Gasteiger partial charge in [-0.2, -0.15) is 0 Å². The third-order valence-electron chi connectivity index (χ3n) is 8.53. The molecule has 0 radical (unpaired) electrons. The first-order valence-corrected chi connectivity index (χ1v) is 15.8. The molecule has 45 heavy (non-hydrogen) atoms. The van der Waals surface area contributed by atoms with Crippen LogP contribution in [0.5, 0.6) is 0 Å². The second-order valence-electron chi connectivity index (χ2n) is 11.3. The van der Waals surface area contributed by atoms with E-state index < -0.39 is 0 Å². The van der Waals surface area contributed by atoms with Crippen molar-refractivity contribution < 1.29 is 0 Å². The van der Waals surface area contributed by atoms with Crippen LogP contribution in [0.3, 0.4) is 0 Å². The number of hydrogen-bond acceptors (Lipinski definition) is 4. The molecule has 210 valence electrons. The van der Waals surface area contributed by atoms with Crippen LogP contribution in [0.2, 0.25) is 0 Å². The summed E-state index contributed by atoms with van der Waals surface area (Å²) < 4.78 is 2.62. The van der Waals surface area contributed by atoms with Crippen molar-refractivity contribution in [1.29, 1.82) is 0 Å². The molecule has 0 unspecified atom stereocenters. The van der Waals surface area contributed by atoms with Crippen LogP contribution in [-0.2, 0) is 0 Å². The van der Waals surface area contributed by atoms with Gasteiger partial charge in [-0.25, -0.2) is 15.0 Å². The Labute approximate surface area is 264 Å². The first-order valence-electron chi connectivity index (χ1n) is 15.0. The molecule has 0 amide bonds. The van der Waals surface area contributed by atoms with Crippen LogP contribution >= 0.6 is 11.3 Å². The fourth-order valence-corrected chi connectivity index (χ4v) is 7.52. The van der Waals surface area contributed by atoms with Crippen LogP contribution in [0.1, 0.15) is 0 Å². The molecule has 2 aromatic heterocycles. The lowest BCUT2D eigenvalue weighted by atomic mass is 9.97. The van der Waals surface area contributed by atoms with Gasteiger partial charge < -0.3 is 0 Å². The lowest BCUT2D eigenvalue weighted by molar-refractivity contribution is 1.07. The molecule has 0 spiro atoms. The molecule has 0 aliphatic carbocycles. The maximum atomic E-state index is 5.04. The van der Waals surface area contributed by atoms with E-state index in [1.807, 2.05) is 41.7 Å². The van der Waals surface area contributed by atoms with Crippen molar-refractivity contribution in [2.75, 3.05) is 0 Å². The van der Waals surface area contributed by atoms with Gasteiger partial charge in [0.2, 0.25) is 0 Å². The number of benzene rings is 7. The fourth-order valence-electron chi connectivity index (χ4n) is 6.28. The fraction of sp³-hybridized carbons (Fsp3) is 0. The van der Waals surface area contributed by atoms with Crippen molar-refractivity contribution in [2.24, 2.45) is 0 Å². The summed E-state index contributed by atoms with van der Waals surface area (Å²) in [4.78, 5) is 15.0. The summed E-state index contributed by atoms with van der Waals surface area (Å²) in [7, 11) is 0. The summed E-state index contributed by atoms with van der Waals surface area (Å²) in [5.74, 6) is 1.98. The Kier molecular flexibility index (Phi) is 6.00. The molecule has 0 fully saturated rings. The smallest absolute Gasteiger partial charge is 0.164 e. The number of fused-ring (bicyclic) bond motifs is 6. The number of hydrogen-bond donors (Lipinski definition) is 0. The standard InChI is InChI=1S/C41H25N3S/c1-2-10-28(11-3-1)39-42-40(29-19-17-27(18-20-29)33-15-8-12-26-9-4-5-13-32(26)33)44-41(43-39)31-22-23-34-30(25-31)21-24-36-35-14-6-7-16-37(35)45-38(34)36/h1-25H. The highest BCUT2D eigenvalue weighted by molar-refractivity contribution is 7.26. The van der Waals surface area contributed by atoms with E-state index in [2.05, 4.69) is 121 Å². The third-order valence-corrected chi connectivity index (χ3v) is 9.75. The summed E-state index contributed by atoms with van der Waals surface area (Å²) in [5, 5.41) is 7.51. The van der Waals surface area contributed by atoms with Crippen LogP contribution < -0.4 is 0 Å². The number of thiophene rings is 1. The Morgan fingerprint density at radius 3 is 1.78 bits per heavy atom. The Hall–Kier alpha value is -5.71. The van der Waals surface area contributed by atoms with E-state index in [1.165, 1.54) is 47.3 Å². The average Bonchev–Trinajstić information content (AvgIpc) is 3.51. The van der Waals surface area contributed by atoms with Gasteiger partial charge in [0.25, 0.3) is 0 Å². The van der Waals surface area contributed by atoms with E-state index in [0.717, 1.165) is 22.3 Å². The van der Waals surface area contributed by atoms with Gasteiger partial charge in [-0.15, -0.1) is 11.3 Å². The van der Waals surface area contributed by atoms with Crippen LogP contribution in [0.25, 0.3) is 87.0 Å². The van der Waals surface area contributed by atoms with Gasteiger partial charge in [0.1, 0.15) is 0 Å². The number of rotatable bonds is 4. The van der Waals surface area contributed by atoms with E-state index in [1.54, 1.807) is 0 Å². The van der Waals surface area contributed by atoms with E-state index in [-0.39, 0.29) is 0 Å². The molecule has 0 aliphatic heterocycles. The second kappa shape index (κ2) is 10.5. The molecule has 4 heteroatoms. The zero-order valence-corrected chi connectivity index (χ0v) is 25.0. The second-order valence-corrected chi connectivity index (χ2v) is 12.3. The number of nitrogens with zero attached hydrogens (tertiary/aromatic N) is 3. The minimum absolute atomic E-state index is 0.656. The molecule has 0 aliphatic rings. The summed E-state index contributed by atoms with van der Waals surface area (Å²) in [6, 6.07) is 53.3. The molecule has 0 saturated heterocycles. The van der Waals surface area contributed by atoms with Gasteiger partial charge in [-0.1, -0.05) is 140 Å². The van der Waals surface area contributed by atoms with Crippen molar-refractivity contribution in [3.05, 3.63) is 152 Å². The van der Waals surface area contributed by atoms with Gasteiger partial charge in [0.05, 0.1) is 0 Å². The molecule has 0 N–H and O–H groups in total. The van der Waals surface area contributed by atoms with E-state index in [9.17, 15) is 0 Å². The van der Waals surface area contributed by atoms with Gasteiger partial charge in [-0.3, -0.25) is 0 Å². The van der Waals surface area contributed by atoms with E-state index in [0.29, 0.717) is 17.5 Å². The SMILES string of the molecule is c1ccc(-c2nc(-c3ccc(-c4cccc5ccccc45)cc3)nc(-c3ccc4c(ccc5c6ccccc6sc45)c3)n2)cc1. The van der Waals surface area contributed by atoms with E-state index in [4.69, 9.17) is 15.0 Å². The van der Waals surface area contributed by atoms with Crippen LogP contribution in [0, 0.1) is 0 Å². The van der Waals surface area contributed by atoms with Crippen molar-refractivity contribution in [3.63, 3.8) is 0 Å². The molecule has 0 bridgehead atoms. The highest BCUT2D eigenvalue weighted by Crippen LogP contribution is 2.39. The largest absolute Gasteiger partial charge is 0.208 e. The lowest BCUT2D eigenvalue weighted by Gasteiger charge is -2.10. The molecule has 9 aromatic rings. The summed E-state index contributed by atoms with van der Waals surface area (Å²) in [6.45, 7) is 0. The Bertz CT molecular complexity index is 2530. The molecule has 0 saturated carbocycles. The Morgan fingerprint density at radius 2 is 0.956 bits per heavy atom. The number of aromatic nitrogens is 3. The van der Waals surface area contributed by atoms with Gasteiger partial charge >= 0.3 is 0 Å². The average molecular weight is 592 g/mol. The predicted octanol–water partition coefficient (Wildman–Crippen LogP) is 11.2. The minimum atomic E-state index is 0.656. The first-order chi connectivity index (χ1) is 22.3. The molecule has 9 rings (SSSR count). The molecule has 0 atom stereocenters. The van der Waals surface area contributed by atoms with Crippen LogP contribution in [-0.4, -0.2) is 15.0 Å². The van der Waals surface area contributed by atoms with Crippen molar-refractivity contribution in [1.82, 2.24) is 15.0 Å². The molecular formula is C41H25N3S. The van der Waals surface area contributed by atoms with Crippen LogP contribution in [0.15, 0.2) is 152 Å². The third kappa shape index (κ3) is 4.46. The van der Waals surface area contributed by atoms with Crippen molar-refractivity contribution in [2.45, 2.75) is 0 Å². The zero-order chi connectivity index (χ0) is 29.7. The lowest BCUT2D eigenvalue weighted by Crippen LogP contribution is -2.00.